The van der Waals surface area contributed by atoms with Crippen molar-refractivity contribution in [2.45, 2.75) is 32.0 Å². The van der Waals surface area contributed by atoms with Crippen molar-refractivity contribution < 1.29 is 27.2 Å². The van der Waals surface area contributed by atoms with Crippen molar-refractivity contribution in [1.82, 2.24) is 10.1 Å². The normalized spacial score (nSPS) is 17.2. The second-order valence-corrected chi connectivity index (χ2v) is 4.71. The minimum Gasteiger partial charge on any atom is -0.381 e. The molecule has 1 amide bonds. The third-order valence-corrected chi connectivity index (χ3v) is 3.09. The first-order chi connectivity index (χ1) is 9.37. The molecule has 0 spiro atoms. The number of amides is 1. The SMILES string of the molecule is Cc1cc(C(=O)N(CC(F)(F)F)C2CCOCC2)no1. The maximum atomic E-state index is 12.7. The Balaban J connectivity index is 2.18. The molecular formula is C12H15F3N2O3. The Morgan fingerprint density at radius 3 is 2.60 bits per heavy atom. The van der Waals surface area contributed by atoms with Crippen molar-refractivity contribution in [1.29, 1.82) is 0 Å². The van der Waals surface area contributed by atoms with Gasteiger partial charge in [-0.15, -0.1) is 0 Å². The van der Waals surface area contributed by atoms with Crippen molar-refractivity contribution >= 4 is 5.91 Å². The summed E-state index contributed by atoms with van der Waals surface area (Å²) in [5.41, 5.74) is -0.0989. The zero-order chi connectivity index (χ0) is 14.8. The lowest BCUT2D eigenvalue weighted by molar-refractivity contribution is -0.147. The van der Waals surface area contributed by atoms with Crippen molar-refractivity contribution in [2.24, 2.45) is 0 Å². The van der Waals surface area contributed by atoms with E-state index in [1.165, 1.54) is 6.07 Å². The molecule has 2 heterocycles. The Morgan fingerprint density at radius 2 is 2.10 bits per heavy atom. The molecule has 1 fully saturated rings. The highest BCUT2D eigenvalue weighted by atomic mass is 19.4. The second-order valence-electron chi connectivity index (χ2n) is 4.71. The lowest BCUT2D eigenvalue weighted by Gasteiger charge is -2.34. The third-order valence-electron chi connectivity index (χ3n) is 3.09. The van der Waals surface area contributed by atoms with Gasteiger partial charge in [0.15, 0.2) is 5.69 Å². The summed E-state index contributed by atoms with van der Waals surface area (Å²) in [7, 11) is 0. The number of carbonyl (C=O) groups excluding carboxylic acids is 1. The van der Waals surface area contributed by atoms with Gasteiger partial charge in [0, 0.05) is 25.3 Å². The molecule has 1 saturated heterocycles. The van der Waals surface area contributed by atoms with Gasteiger partial charge in [-0.3, -0.25) is 4.79 Å². The van der Waals surface area contributed by atoms with E-state index in [0.29, 0.717) is 31.8 Å². The minimum absolute atomic E-state index is 0.0989. The molecule has 112 valence electrons. The Kier molecular flexibility index (Phi) is 4.32. The molecule has 0 radical (unpaired) electrons. The van der Waals surface area contributed by atoms with Crippen molar-refractivity contribution in [3.05, 3.63) is 17.5 Å². The van der Waals surface area contributed by atoms with Crippen molar-refractivity contribution in [3.63, 3.8) is 0 Å². The molecule has 1 aliphatic heterocycles. The van der Waals surface area contributed by atoms with Crippen LogP contribution < -0.4 is 0 Å². The molecule has 2 rings (SSSR count). The van der Waals surface area contributed by atoms with E-state index in [4.69, 9.17) is 9.26 Å². The molecule has 1 aromatic heterocycles. The molecule has 8 heteroatoms. The Bertz CT molecular complexity index is 467. The average molecular weight is 292 g/mol. The van der Waals surface area contributed by atoms with Gasteiger partial charge in [-0.2, -0.15) is 13.2 Å². The first kappa shape index (κ1) is 14.8. The van der Waals surface area contributed by atoms with Gasteiger partial charge in [-0.05, 0) is 19.8 Å². The van der Waals surface area contributed by atoms with Gasteiger partial charge in [-0.1, -0.05) is 5.16 Å². The van der Waals surface area contributed by atoms with Gasteiger partial charge < -0.3 is 14.2 Å². The fraction of sp³-hybridized carbons (Fsp3) is 0.667. The molecule has 1 aliphatic rings. The van der Waals surface area contributed by atoms with E-state index in [2.05, 4.69) is 5.16 Å². The number of rotatable bonds is 3. The van der Waals surface area contributed by atoms with Gasteiger partial charge in [0.2, 0.25) is 0 Å². The fourth-order valence-corrected chi connectivity index (χ4v) is 2.17. The van der Waals surface area contributed by atoms with Crippen LogP contribution in [0.4, 0.5) is 13.2 Å². The summed E-state index contributed by atoms with van der Waals surface area (Å²) < 4.78 is 47.9. The second kappa shape index (κ2) is 5.82. The number of carbonyl (C=O) groups is 1. The summed E-state index contributed by atoms with van der Waals surface area (Å²) in [5, 5.41) is 3.50. The van der Waals surface area contributed by atoms with E-state index in [1.54, 1.807) is 6.92 Å². The summed E-state index contributed by atoms with van der Waals surface area (Å²) in [6.07, 6.45) is -3.68. The van der Waals surface area contributed by atoms with E-state index in [-0.39, 0.29) is 5.69 Å². The number of hydrogen-bond donors (Lipinski definition) is 0. The maximum Gasteiger partial charge on any atom is 0.406 e. The number of alkyl halides is 3. The monoisotopic (exact) mass is 292 g/mol. The quantitative estimate of drug-likeness (QED) is 0.856. The summed E-state index contributed by atoms with van der Waals surface area (Å²) >= 11 is 0. The van der Waals surface area contributed by atoms with Crippen LogP contribution in [0.3, 0.4) is 0 Å². The van der Waals surface area contributed by atoms with Gasteiger partial charge in [0.25, 0.3) is 5.91 Å². The zero-order valence-corrected chi connectivity index (χ0v) is 10.9. The average Bonchev–Trinajstić information content (AvgIpc) is 2.82. The number of hydrogen-bond acceptors (Lipinski definition) is 4. The molecule has 5 nitrogen and oxygen atoms in total. The lowest BCUT2D eigenvalue weighted by atomic mass is 10.1. The van der Waals surface area contributed by atoms with Crippen LogP contribution in [-0.4, -0.2) is 47.9 Å². The molecule has 0 bridgehead atoms. The number of aryl methyl sites for hydroxylation is 1. The molecule has 0 saturated carbocycles. The van der Waals surface area contributed by atoms with Gasteiger partial charge in [0.1, 0.15) is 12.3 Å². The van der Waals surface area contributed by atoms with E-state index < -0.39 is 24.7 Å². The summed E-state index contributed by atoms with van der Waals surface area (Å²) in [4.78, 5) is 13.0. The van der Waals surface area contributed by atoms with Crippen LogP contribution in [0, 0.1) is 6.92 Å². The first-order valence-corrected chi connectivity index (χ1v) is 6.25. The predicted molar refractivity (Wildman–Crippen MR) is 62.2 cm³/mol. The molecule has 20 heavy (non-hydrogen) atoms. The van der Waals surface area contributed by atoms with Crippen LogP contribution in [0.1, 0.15) is 29.1 Å². The maximum absolute atomic E-state index is 12.7. The van der Waals surface area contributed by atoms with Crippen LogP contribution in [0.15, 0.2) is 10.6 Å². The zero-order valence-electron chi connectivity index (χ0n) is 10.9. The Morgan fingerprint density at radius 1 is 1.45 bits per heavy atom. The van der Waals surface area contributed by atoms with Crippen LogP contribution in [0.5, 0.6) is 0 Å². The van der Waals surface area contributed by atoms with Crippen LogP contribution >= 0.6 is 0 Å². The molecule has 0 aliphatic carbocycles. The van der Waals surface area contributed by atoms with Crippen LogP contribution in [-0.2, 0) is 4.74 Å². The predicted octanol–water partition coefficient (Wildman–Crippen LogP) is 2.17. The summed E-state index contributed by atoms with van der Waals surface area (Å²) in [5.74, 6) is -0.377. The van der Waals surface area contributed by atoms with Crippen LogP contribution in [0.2, 0.25) is 0 Å². The van der Waals surface area contributed by atoms with Crippen LogP contribution in [0.25, 0.3) is 0 Å². The van der Waals surface area contributed by atoms with E-state index >= 15 is 0 Å². The van der Waals surface area contributed by atoms with Crippen molar-refractivity contribution in [2.75, 3.05) is 19.8 Å². The molecule has 0 N–H and O–H groups in total. The molecule has 0 aromatic carbocycles. The highest BCUT2D eigenvalue weighted by molar-refractivity contribution is 5.92. The van der Waals surface area contributed by atoms with E-state index in [0.717, 1.165) is 4.90 Å². The minimum atomic E-state index is -4.45. The van der Waals surface area contributed by atoms with E-state index in [1.807, 2.05) is 0 Å². The largest absolute Gasteiger partial charge is 0.406 e. The Hall–Kier alpha value is -1.57. The molecule has 0 unspecified atom stereocenters. The standard InChI is InChI=1S/C12H15F3N2O3/c1-8-6-10(16-20-8)11(18)17(7-12(13,14)15)9-2-4-19-5-3-9/h6,9H,2-5,7H2,1H3. The summed E-state index contributed by atoms with van der Waals surface area (Å²) in [6.45, 7) is 0.989. The highest BCUT2D eigenvalue weighted by Gasteiger charge is 2.38. The lowest BCUT2D eigenvalue weighted by Crippen LogP contribution is -2.48. The van der Waals surface area contributed by atoms with Gasteiger partial charge in [-0.25, -0.2) is 0 Å². The summed E-state index contributed by atoms with van der Waals surface area (Å²) in [6, 6.07) is 0.847. The molecule has 0 atom stereocenters. The fourth-order valence-electron chi connectivity index (χ4n) is 2.17. The number of aromatic nitrogens is 1. The molecule has 1 aromatic rings. The third kappa shape index (κ3) is 3.72. The first-order valence-electron chi connectivity index (χ1n) is 6.25. The number of halogens is 3. The molecular weight excluding hydrogens is 277 g/mol. The smallest absolute Gasteiger partial charge is 0.381 e. The number of nitrogens with zero attached hydrogens (tertiary/aromatic N) is 2. The topological polar surface area (TPSA) is 55.6 Å². The van der Waals surface area contributed by atoms with Gasteiger partial charge in [0.05, 0.1) is 0 Å². The van der Waals surface area contributed by atoms with Gasteiger partial charge >= 0.3 is 6.18 Å². The number of ether oxygens (including phenoxy) is 1. The highest BCUT2D eigenvalue weighted by Crippen LogP contribution is 2.24. The van der Waals surface area contributed by atoms with E-state index in [9.17, 15) is 18.0 Å². The Labute approximate surface area is 113 Å². The van der Waals surface area contributed by atoms with Crippen molar-refractivity contribution in [3.8, 4) is 0 Å².